The van der Waals surface area contributed by atoms with E-state index in [9.17, 15) is 9.59 Å². The predicted molar refractivity (Wildman–Crippen MR) is 102 cm³/mol. The molecule has 6 heteroatoms. The molecule has 138 valence electrons. The summed E-state index contributed by atoms with van der Waals surface area (Å²) in [5.41, 5.74) is 1.79. The normalized spacial score (nSPS) is 10.4. The van der Waals surface area contributed by atoms with Gasteiger partial charge in [0.1, 0.15) is 11.5 Å². The molecule has 0 radical (unpaired) electrons. The summed E-state index contributed by atoms with van der Waals surface area (Å²) in [4.78, 5) is 23.6. The summed E-state index contributed by atoms with van der Waals surface area (Å²) in [5.74, 6) is 0.982. The van der Waals surface area contributed by atoms with Crippen LogP contribution in [-0.4, -0.2) is 22.9 Å². The molecule has 0 aliphatic carbocycles. The van der Waals surface area contributed by atoms with Gasteiger partial charge in [-0.3, -0.25) is 9.59 Å². The van der Waals surface area contributed by atoms with Crippen LogP contribution < -0.4 is 10.3 Å². The van der Waals surface area contributed by atoms with Crippen LogP contribution in [0.3, 0.4) is 0 Å². The molecular weight excluding hydrogens is 344 g/mol. The number of hydrogen-bond donors (Lipinski definition) is 0. The maximum absolute atomic E-state index is 12.1. The molecule has 0 N–H and O–H groups in total. The molecule has 3 aromatic rings. The van der Waals surface area contributed by atoms with Crippen molar-refractivity contribution in [3.63, 3.8) is 0 Å². The van der Waals surface area contributed by atoms with Gasteiger partial charge in [-0.15, -0.1) is 0 Å². The third-order valence-corrected chi connectivity index (χ3v) is 4.11. The fourth-order valence-corrected chi connectivity index (χ4v) is 2.70. The average molecular weight is 364 g/mol. The van der Waals surface area contributed by atoms with E-state index in [4.69, 9.17) is 9.47 Å². The number of methoxy groups -OCH3 is 1. The number of hydrogen-bond acceptors (Lipinski definition) is 5. The lowest BCUT2D eigenvalue weighted by atomic mass is 10.0. The van der Waals surface area contributed by atoms with Gasteiger partial charge in [0.15, 0.2) is 0 Å². The predicted octanol–water partition coefficient (Wildman–Crippen LogP) is 3.35. The molecule has 0 saturated carbocycles. The maximum Gasteiger partial charge on any atom is 0.305 e. The average Bonchev–Trinajstić information content (AvgIpc) is 2.69. The summed E-state index contributed by atoms with van der Waals surface area (Å²) in [6, 6.07) is 18.4. The Morgan fingerprint density at radius 2 is 1.78 bits per heavy atom. The van der Waals surface area contributed by atoms with Crippen molar-refractivity contribution in [1.29, 1.82) is 0 Å². The minimum atomic E-state index is -0.338. The van der Waals surface area contributed by atoms with Crippen molar-refractivity contribution in [2.24, 2.45) is 7.05 Å². The number of aryl methyl sites for hydroxylation is 2. The number of aromatic nitrogens is 2. The molecule has 6 nitrogen and oxygen atoms in total. The highest BCUT2D eigenvalue weighted by Gasteiger charge is 2.16. The number of carbonyl (C=O) groups is 1. The molecule has 0 unspecified atom stereocenters. The second kappa shape index (κ2) is 8.31. The summed E-state index contributed by atoms with van der Waals surface area (Å²) < 4.78 is 12.0. The van der Waals surface area contributed by atoms with Crippen LogP contribution in [0, 0.1) is 0 Å². The minimum absolute atomic E-state index is 0.167. The van der Waals surface area contributed by atoms with Gasteiger partial charge < -0.3 is 9.47 Å². The Hall–Kier alpha value is -3.41. The van der Waals surface area contributed by atoms with Crippen LogP contribution in [-0.2, 0) is 23.0 Å². The molecule has 0 amide bonds. The van der Waals surface area contributed by atoms with Gasteiger partial charge in [-0.2, -0.15) is 5.10 Å². The van der Waals surface area contributed by atoms with Crippen LogP contribution in [0.5, 0.6) is 11.5 Å². The van der Waals surface area contributed by atoms with Crippen molar-refractivity contribution in [2.45, 2.75) is 12.8 Å². The van der Waals surface area contributed by atoms with E-state index in [1.165, 1.54) is 17.9 Å². The number of para-hydroxylation sites is 2. The van der Waals surface area contributed by atoms with Crippen molar-refractivity contribution in [1.82, 2.24) is 9.78 Å². The molecule has 1 heterocycles. The molecule has 0 aliphatic rings. The Bertz CT molecular complexity index is 997. The Labute approximate surface area is 157 Å². The third kappa shape index (κ3) is 4.41. The highest BCUT2D eigenvalue weighted by atomic mass is 16.5. The van der Waals surface area contributed by atoms with Crippen molar-refractivity contribution < 1.29 is 14.3 Å². The fourth-order valence-electron chi connectivity index (χ4n) is 2.70. The van der Waals surface area contributed by atoms with E-state index in [-0.39, 0.29) is 17.9 Å². The summed E-state index contributed by atoms with van der Waals surface area (Å²) in [7, 11) is 2.94. The summed E-state index contributed by atoms with van der Waals surface area (Å²) in [5, 5.41) is 4.42. The van der Waals surface area contributed by atoms with Crippen molar-refractivity contribution in [3.05, 3.63) is 76.6 Å². The second-order valence-corrected chi connectivity index (χ2v) is 5.97. The van der Waals surface area contributed by atoms with Gasteiger partial charge in [0.05, 0.1) is 12.8 Å². The zero-order valence-electron chi connectivity index (χ0n) is 15.2. The molecule has 0 fully saturated rings. The molecule has 3 rings (SSSR count). The molecule has 0 saturated heterocycles. The van der Waals surface area contributed by atoms with Crippen LogP contribution in [0.1, 0.15) is 12.0 Å². The van der Waals surface area contributed by atoms with E-state index in [2.05, 4.69) is 5.10 Å². The highest BCUT2D eigenvalue weighted by molar-refractivity contribution is 5.72. The quantitative estimate of drug-likeness (QED) is 0.628. The Morgan fingerprint density at radius 3 is 2.52 bits per heavy atom. The van der Waals surface area contributed by atoms with Crippen molar-refractivity contribution >= 4 is 5.97 Å². The molecule has 0 spiro atoms. The van der Waals surface area contributed by atoms with Gasteiger partial charge in [0.2, 0.25) is 0 Å². The standard InChI is InChI=1S/C21H20N2O4/c1-23-19(24)14-15(12-13-20(25)26-2)21(22-23)17-10-6-7-11-18(17)27-16-8-4-3-5-9-16/h3-11,14H,12-13H2,1-2H3. The number of esters is 1. The Kier molecular flexibility index (Phi) is 5.66. The maximum atomic E-state index is 12.1. The van der Waals surface area contributed by atoms with Crippen LogP contribution in [0.4, 0.5) is 0 Å². The monoisotopic (exact) mass is 364 g/mol. The van der Waals surface area contributed by atoms with Crippen LogP contribution in [0.15, 0.2) is 65.5 Å². The number of carbonyl (C=O) groups excluding carboxylic acids is 1. The van der Waals surface area contributed by atoms with Gasteiger partial charge in [-0.25, -0.2) is 4.68 Å². The number of ether oxygens (including phenoxy) is 2. The third-order valence-electron chi connectivity index (χ3n) is 4.11. The first-order chi connectivity index (χ1) is 13.1. The molecule has 27 heavy (non-hydrogen) atoms. The van der Waals surface area contributed by atoms with E-state index < -0.39 is 0 Å². The lowest BCUT2D eigenvalue weighted by molar-refractivity contribution is -0.140. The second-order valence-electron chi connectivity index (χ2n) is 5.97. The number of nitrogens with zero attached hydrogens (tertiary/aromatic N) is 2. The van der Waals surface area contributed by atoms with Gasteiger partial charge in [-0.05, 0) is 36.2 Å². The lowest BCUT2D eigenvalue weighted by Gasteiger charge is -2.14. The summed E-state index contributed by atoms with van der Waals surface area (Å²) in [6.45, 7) is 0. The molecule has 0 aliphatic heterocycles. The van der Waals surface area contributed by atoms with Crippen molar-refractivity contribution in [3.8, 4) is 22.8 Å². The number of rotatable bonds is 6. The van der Waals surface area contributed by atoms with E-state index in [1.54, 1.807) is 7.05 Å². The topological polar surface area (TPSA) is 70.4 Å². The highest BCUT2D eigenvalue weighted by Crippen LogP contribution is 2.33. The van der Waals surface area contributed by atoms with Crippen LogP contribution in [0.2, 0.25) is 0 Å². The van der Waals surface area contributed by atoms with Gasteiger partial charge in [0, 0.05) is 25.1 Å². The minimum Gasteiger partial charge on any atom is -0.469 e. The fraction of sp³-hybridized carbons (Fsp3) is 0.190. The first kappa shape index (κ1) is 18.4. The van der Waals surface area contributed by atoms with E-state index in [0.717, 1.165) is 5.56 Å². The van der Waals surface area contributed by atoms with Crippen LogP contribution in [0.25, 0.3) is 11.3 Å². The van der Waals surface area contributed by atoms with Gasteiger partial charge in [-0.1, -0.05) is 30.3 Å². The Balaban J connectivity index is 2.04. The first-order valence-electron chi connectivity index (χ1n) is 8.55. The zero-order valence-corrected chi connectivity index (χ0v) is 15.2. The SMILES string of the molecule is COC(=O)CCc1cc(=O)n(C)nc1-c1ccccc1Oc1ccccc1. The molecule has 0 atom stereocenters. The lowest BCUT2D eigenvalue weighted by Crippen LogP contribution is -2.21. The molecular formula is C21H20N2O4. The molecule has 2 aromatic carbocycles. The molecule has 1 aromatic heterocycles. The summed E-state index contributed by atoms with van der Waals surface area (Å²) >= 11 is 0. The molecule has 0 bridgehead atoms. The Morgan fingerprint density at radius 1 is 1.07 bits per heavy atom. The van der Waals surface area contributed by atoms with E-state index in [1.807, 2.05) is 54.6 Å². The zero-order chi connectivity index (χ0) is 19.2. The van der Waals surface area contributed by atoms with E-state index >= 15 is 0 Å². The van der Waals surface area contributed by atoms with E-state index in [0.29, 0.717) is 29.2 Å². The number of benzene rings is 2. The van der Waals surface area contributed by atoms with Gasteiger partial charge in [0.25, 0.3) is 5.56 Å². The van der Waals surface area contributed by atoms with Crippen LogP contribution >= 0.6 is 0 Å². The smallest absolute Gasteiger partial charge is 0.305 e. The summed E-state index contributed by atoms with van der Waals surface area (Å²) in [6.07, 6.45) is 0.519. The first-order valence-corrected chi connectivity index (χ1v) is 8.55. The largest absolute Gasteiger partial charge is 0.469 e. The van der Waals surface area contributed by atoms with Crippen molar-refractivity contribution in [2.75, 3.05) is 7.11 Å². The van der Waals surface area contributed by atoms with Gasteiger partial charge >= 0.3 is 5.97 Å².